The number of hydroxylamine groups is 2. The average Bonchev–Trinajstić information content (AvgIpc) is 2.10. The lowest BCUT2D eigenvalue weighted by molar-refractivity contribution is -0.258. The van der Waals surface area contributed by atoms with Gasteiger partial charge in [-0.15, -0.1) is 5.06 Å². The minimum Gasteiger partial charge on any atom is -0.370 e. The van der Waals surface area contributed by atoms with Crippen molar-refractivity contribution in [3.8, 4) is 0 Å². The topological polar surface area (TPSA) is 41.6 Å². The molecule has 1 heterocycles. The van der Waals surface area contributed by atoms with E-state index in [2.05, 4.69) is 39.9 Å². The number of hydrogen-bond acceptors (Lipinski definition) is 4. The molecule has 0 bridgehead atoms. The second-order valence-electron chi connectivity index (χ2n) is 5.78. The largest absolute Gasteiger partial charge is 0.370 e. The number of rotatable bonds is 4. The number of carbonyl (C=O) groups is 1. The van der Waals surface area contributed by atoms with E-state index in [-0.39, 0.29) is 11.1 Å². The van der Waals surface area contributed by atoms with E-state index in [1.165, 1.54) is 0 Å². The standard InChI is InChI=1S/C12H24N2O2/c1-6-13-10-7-11(2,3)14(16-9-15)12(4,5)8-10/h9-10,13H,6-8H2,1-5H3. The van der Waals surface area contributed by atoms with Crippen LogP contribution in [0.4, 0.5) is 0 Å². The molecule has 0 aromatic heterocycles. The third-order valence-corrected chi connectivity index (χ3v) is 3.23. The molecule has 1 N–H and O–H groups in total. The van der Waals surface area contributed by atoms with E-state index < -0.39 is 0 Å². The van der Waals surface area contributed by atoms with Gasteiger partial charge in [0.2, 0.25) is 0 Å². The van der Waals surface area contributed by atoms with Gasteiger partial charge >= 0.3 is 6.47 Å². The van der Waals surface area contributed by atoms with E-state index >= 15 is 0 Å². The fourth-order valence-electron chi connectivity index (χ4n) is 3.02. The Bertz CT molecular complexity index is 233. The molecule has 1 saturated heterocycles. The van der Waals surface area contributed by atoms with Crippen molar-refractivity contribution in [1.82, 2.24) is 10.4 Å². The molecule has 4 nitrogen and oxygen atoms in total. The van der Waals surface area contributed by atoms with Crippen LogP contribution in [0.2, 0.25) is 0 Å². The highest BCUT2D eigenvalue weighted by molar-refractivity contribution is 5.36. The van der Waals surface area contributed by atoms with Crippen molar-refractivity contribution in [3.05, 3.63) is 0 Å². The first kappa shape index (κ1) is 13.5. The van der Waals surface area contributed by atoms with Gasteiger partial charge in [0.05, 0.1) is 11.1 Å². The van der Waals surface area contributed by atoms with Gasteiger partial charge in [-0.25, -0.2) is 0 Å². The second kappa shape index (κ2) is 4.72. The quantitative estimate of drug-likeness (QED) is 0.744. The van der Waals surface area contributed by atoms with Crippen LogP contribution in [0.5, 0.6) is 0 Å². The number of nitrogens with one attached hydrogen (secondary N) is 1. The Labute approximate surface area is 98.3 Å². The predicted octanol–water partition coefficient (Wildman–Crippen LogP) is 1.71. The highest BCUT2D eigenvalue weighted by Crippen LogP contribution is 2.38. The van der Waals surface area contributed by atoms with Gasteiger partial charge in [0.15, 0.2) is 0 Å². The molecule has 1 fully saturated rings. The van der Waals surface area contributed by atoms with Gasteiger partial charge in [0.1, 0.15) is 0 Å². The fourth-order valence-corrected chi connectivity index (χ4v) is 3.02. The zero-order valence-electron chi connectivity index (χ0n) is 11.0. The van der Waals surface area contributed by atoms with Gasteiger partial charge in [0, 0.05) is 6.04 Å². The zero-order chi connectivity index (χ0) is 12.4. The molecule has 0 radical (unpaired) electrons. The van der Waals surface area contributed by atoms with Crippen LogP contribution in [0.25, 0.3) is 0 Å². The normalized spacial score (nSPS) is 25.3. The Morgan fingerprint density at radius 2 is 1.81 bits per heavy atom. The molecule has 0 amide bonds. The number of nitrogens with zero attached hydrogens (tertiary/aromatic N) is 1. The average molecular weight is 228 g/mol. The third kappa shape index (κ3) is 2.74. The number of piperidine rings is 1. The minimum atomic E-state index is -0.129. The van der Waals surface area contributed by atoms with Crippen molar-refractivity contribution in [2.45, 2.75) is 64.6 Å². The molecular weight excluding hydrogens is 204 g/mol. The van der Waals surface area contributed by atoms with E-state index in [1.807, 2.05) is 5.06 Å². The van der Waals surface area contributed by atoms with Crippen LogP contribution in [0.1, 0.15) is 47.5 Å². The molecule has 0 aromatic rings. The van der Waals surface area contributed by atoms with Gasteiger partial charge in [-0.05, 0) is 47.1 Å². The first-order valence-electron chi connectivity index (χ1n) is 5.97. The van der Waals surface area contributed by atoms with Crippen molar-refractivity contribution in [2.75, 3.05) is 6.54 Å². The molecule has 0 unspecified atom stereocenters. The van der Waals surface area contributed by atoms with Crippen LogP contribution in [-0.4, -0.2) is 35.2 Å². The van der Waals surface area contributed by atoms with Crippen LogP contribution >= 0.6 is 0 Å². The Balaban J connectivity index is 2.84. The molecule has 1 aliphatic heterocycles. The van der Waals surface area contributed by atoms with Crippen molar-refractivity contribution in [3.63, 3.8) is 0 Å². The summed E-state index contributed by atoms with van der Waals surface area (Å²) in [6, 6.07) is 0.488. The maximum atomic E-state index is 10.6. The lowest BCUT2D eigenvalue weighted by Gasteiger charge is -2.52. The predicted molar refractivity (Wildman–Crippen MR) is 63.8 cm³/mol. The van der Waals surface area contributed by atoms with Crippen LogP contribution in [0.3, 0.4) is 0 Å². The number of carbonyl (C=O) groups excluding carboxylic acids is 1. The molecule has 0 spiro atoms. The highest BCUT2D eigenvalue weighted by Gasteiger charge is 2.47. The van der Waals surface area contributed by atoms with Gasteiger partial charge in [-0.2, -0.15) is 0 Å². The summed E-state index contributed by atoms with van der Waals surface area (Å²) in [4.78, 5) is 15.7. The molecule has 1 rings (SSSR count). The van der Waals surface area contributed by atoms with E-state index in [1.54, 1.807) is 0 Å². The summed E-state index contributed by atoms with van der Waals surface area (Å²) in [5, 5.41) is 5.32. The summed E-state index contributed by atoms with van der Waals surface area (Å²) in [6.07, 6.45) is 1.97. The SMILES string of the molecule is CCNC1CC(C)(C)N(OC=O)C(C)(C)C1. The van der Waals surface area contributed by atoms with E-state index in [0.29, 0.717) is 12.5 Å². The highest BCUT2D eigenvalue weighted by atomic mass is 16.7. The van der Waals surface area contributed by atoms with Gasteiger partial charge in [-0.1, -0.05) is 6.92 Å². The summed E-state index contributed by atoms with van der Waals surface area (Å²) < 4.78 is 0. The Morgan fingerprint density at radius 1 is 1.31 bits per heavy atom. The van der Waals surface area contributed by atoms with E-state index in [4.69, 9.17) is 4.84 Å². The number of hydrogen-bond donors (Lipinski definition) is 1. The van der Waals surface area contributed by atoms with E-state index in [0.717, 1.165) is 19.4 Å². The molecule has 16 heavy (non-hydrogen) atoms. The summed E-state index contributed by atoms with van der Waals surface area (Å²) in [6.45, 7) is 12.1. The molecule has 0 aliphatic carbocycles. The van der Waals surface area contributed by atoms with Gasteiger partial charge in [-0.3, -0.25) is 4.79 Å². The smallest absolute Gasteiger partial charge is 0.313 e. The lowest BCUT2D eigenvalue weighted by atomic mass is 9.79. The maximum absolute atomic E-state index is 10.6. The lowest BCUT2D eigenvalue weighted by Crippen LogP contribution is -2.63. The van der Waals surface area contributed by atoms with Crippen molar-refractivity contribution in [2.24, 2.45) is 0 Å². The van der Waals surface area contributed by atoms with Crippen LogP contribution in [0.15, 0.2) is 0 Å². The molecule has 4 heteroatoms. The van der Waals surface area contributed by atoms with Crippen molar-refractivity contribution in [1.29, 1.82) is 0 Å². The maximum Gasteiger partial charge on any atom is 0.313 e. The van der Waals surface area contributed by atoms with E-state index in [9.17, 15) is 4.79 Å². The summed E-state index contributed by atoms with van der Waals surface area (Å²) >= 11 is 0. The Morgan fingerprint density at radius 3 is 2.19 bits per heavy atom. The minimum absolute atomic E-state index is 0.129. The molecule has 0 aromatic carbocycles. The fraction of sp³-hybridized carbons (Fsp3) is 0.917. The first-order chi connectivity index (χ1) is 7.33. The van der Waals surface area contributed by atoms with Crippen molar-refractivity contribution < 1.29 is 9.63 Å². The third-order valence-electron chi connectivity index (χ3n) is 3.23. The van der Waals surface area contributed by atoms with Crippen LogP contribution in [-0.2, 0) is 9.63 Å². The van der Waals surface area contributed by atoms with Crippen LogP contribution in [0, 0.1) is 0 Å². The second-order valence-corrected chi connectivity index (χ2v) is 5.78. The summed E-state index contributed by atoms with van der Waals surface area (Å²) in [7, 11) is 0. The van der Waals surface area contributed by atoms with Gasteiger partial charge < -0.3 is 10.2 Å². The molecule has 94 valence electrons. The monoisotopic (exact) mass is 228 g/mol. The van der Waals surface area contributed by atoms with Gasteiger partial charge in [0.25, 0.3) is 0 Å². The molecule has 0 atom stereocenters. The molecule has 1 aliphatic rings. The van der Waals surface area contributed by atoms with Crippen LogP contribution < -0.4 is 5.32 Å². The Kier molecular flexibility index (Phi) is 3.97. The molecular formula is C12H24N2O2. The zero-order valence-corrected chi connectivity index (χ0v) is 11.0. The Hall–Kier alpha value is -0.610. The summed E-state index contributed by atoms with van der Waals surface area (Å²) in [5.41, 5.74) is -0.259. The van der Waals surface area contributed by atoms with Crippen molar-refractivity contribution >= 4 is 6.47 Å². The molecule has 0 saturated carbocycles. The first-order valence-corrected chi connectivity index (χ1v) is 5.97. The summed E-state index contributed by atoms with van der Waals surface area (Å²) in [5.74, 6) is 0.